The molecule has 7 heteroatoms. The van der Waals surface area contributed by atoms with E-state index in [0.29, 0.717) is 28.4 Å². The van der Waals surface area contributed by atoms with Gasteiger partial charge in [-0.3, -0.25) is 9.59 Å². The molecule has 0 aliphatic heterocycles. The van der Waals surface area contributed by atoms with Gasteiger partial charge in [-0.15, -0.1) is 0 Å². The molecular weight excluding hydrogens is 352 g/mol. The van der Waals surface area contributed by atoms with E-state index in [1.54, 1.807) is 30.3 Å². The average molecular weight is 370 g/mol. The van der Waals surface area contributed by atoms with Crippen LogP contribution in [-0.4, -0.2) is 26.2 Å². The van der Waals surface area contributed by atoms with E-state index in [-0.39, 0.29) is 11.5 Å². The number of esters is 2. The van der Waals surface area contributed by atoms with E-state index in [1.807, 2.05) is 6.07 Å². The van der Waals surface area contributed by atoms with Gasteiger partial charge < -0.3 is 23.4 Å². The molecule has 0 aliphatic rings. The Morgan fingerprint density at radius 2 is 1.56 bits per heavy atom. The summed E-state index contributed by atoms with van der Waals surface area (Å²) < 4.78 is 27.0. The van der Waals surface area contributed by atoms with Crippen molar-refractivity contribution in [1.82, 2.24) is 0 Å². The normalized spacial score (nSPS) is 10.5. The third-order valence-corrected chi connectivity index (χ3v) is 3.76. The molecule has 1 heterocycles. The van der Waals surface area contributed by atoms with Crippen molar-refractivity contribution < 1.29 is 33.0 Å². The van der Waals surface area contributed by atoms with Gasteiger partial charge in [0, 0.05) is 25.3 Å². The quantitative estimate of drug-likeness (QED) is 0.496. The monoisotopic (exact) mass is 370 g/mol. The zero-order chi connectivity index (χ0) is 19.6. The molecule has 0 saturated heterocycles. The minimum absolute atomic E-state index is 0.249. The van der Waals surface area contributed by atoms with E-state index in [4.69, 9.17) is 23.4 Å². The standard InChI is InChI=1S/C20H18O7/c1-11(21)25-14-6-5-13-9-18(27-17(13)10-14)15-7-8-16(26-12(2)22)20(24-4)19(15)23-3/h5-10H,1-4H3. The van der Waals surface area contributed by atoms with Crippen LogP contribution in [0.2, 0.25) is 0 Å². The number of carbonyl (C=O) groups excluding carboxylic acids is 2. The molecule has 0 aliphatic carbocycles. The van der Waals surface area contributed by atoms with Crippen molar-refractivity contribution in [2.45, 2.75) is 13.8 Å². The van der Waals surface area contributed by atoms with Gasteiger partial charge in [-0.2, -0.15) is 0 Å². The van der Waals surface area contributed by atoms with Crippen molar-refractivity contribution in [3.05, 3.63) is 36.4 Å². The van der Waals surface area contributed by atoms with Crippen molar-refractivity contribution in [2.24, 2.45) is 0 Å². The summed E-state index contributed by atoms with van der Waals surface area (Å²) in [5, 5.41) is 0.825. The number of rotatable bonds is 5. The van der Waals surface area contributed by atoms with Crippen molar-refractivity contribution in [3.63, 3.8) is 0 Å². The summed E-state index contributed by atoms with van der Waals surface area (Å²) in [6, 6.07) is 10.3. The molecule has 0 radical (unpaired) electrons. The molecule has 7 nitrogen and oxygen atoms in total. The molecule has 0 atom stereocenters. The van der Waals surface area contributed by atoms with Gasteiger partial charge in [0.1, 0.15) is 17.1 Å². The predicted molar refractivity (Wildman–Crippen MR) is 97.4 cm³/mol. The number of methoxy groups -OCH3 is 2. The Kier molecular flexibility index (Phi) is 5.03. The van der Waals surface area contributed by atoms with Gasteiger partial charge in [0.2, 0.25) is 5.75 Å². The maximum Gasteiger partial charge on any atom is 0.308 e. The molecule has 0 amide bonds. The highest BCUT2D eigenvalue weighted by molar-refractivity contribution is 5.87. The molecule has 0 N–H and O–H groups in total. The van der Waals surface area contributed by atoms with E-state index in [0.717, 1.165) is 5.39 Å². The maximum absolute atomic E-state index is 11.3. The molecule has 0 unspecified atom stereocenters. The fourth-order valence-corrected chi connectivity index (χ4v) is 2.74. The van der Waals surface area contributed by atoms with Gasteiger partial charge in [0.05, 0.1) is 19.8 Å². The highest BCUT2D eigenvalue weighted by Gasteiger charge is 2.21. The fraction of sp³-hybridized carbons (Fsp3) is 0.200. The largest absolute Gasteiger partial charge is 0.492 e. The van der Waals surface area contributed by atoms with Crippen molar-refractivity contribution >= 4 is 22.9 Å². The summed E-state index contributed by atoms with van der Waals surface area (Å²) >= 11 is 0. The topological polar surface area (TPSA) is 84.2 Å². The second-order valence-corrected chi connectivity index (χ2v) is 5.68. The Labute approximate surface area is 155 Å². The van der Waals surface area contributed by atoms with Crippen molar-refractivity contribution in [1.29, 1.82) is 0 Å². The van der Waals surface area contributed by atoms with Crippen LogP contribution in [0.3, 0.4) is 0 Å². The number of ether oxygens (including phenoxy) is 4. The van der Waals surface area contributed by atoms with Gasteiger partial charge in [-0.25, -0.2) is 0 Å². The number of hydrogen-bond acceptors (Lipinski definition) is 7. The number of benzene rings is 2. The van der Waals surface area contributed by atoms with Gasteiger partial charge >= 0.3 is 11.9 Å². The molecule has 0 fully saturated rings. The molecule has 0 saturated carbocycles. The van der Waals surface area contributed by atoms with Crippen LogP contribution in [0.5, 0.6) is 23.0 Å². The third-order valence-electron chi connectivity index (χ3n) is 3.76. The highest BCUT2D eigenvalue weighted by atomic mass is 16.6. The van der Waals surface area contributed by atoms with Gasteiger partial charge in [-0.05, 0) is 30.3 Å². The summed E-state index contributed by atoms with van der Waals surface area (Å²) in [6.07, 6.45) is 0. The lowest BCUT2D eigenvalue weighted by Gasteiger charge is -2.14. The van der Waals surface area contributed by atoms with Crippen LogP contribution in [0.4, 0.5) is 0 Å². The summed E-state index contributed by atoms with van der Waals surface area (Å²) in [5.74, 6) is 0.944. The van der Waals surface area contributed by atoms with Crippen molar-refractivity contribution in [2.75, 3.05) is 14.2 Å². The number of hydrogen-bond donors (Lipinski definition) is 0. The fourth-order valence-electron chi connectivity index (χ4n) is 2.74. The lowest BCUT2D eigenvalue weighted by atomic mass is 10.1. The van der Waals surface area contributed by atoms with Crippen molar-refractivity contribution in [3.8, 4) is 34.3 Å². The van der Waals surface area contributed by atoms with Crippen LogP contribution < -0.4 is 18.9 Å². The molecular formula is C20H18O7. The average Bonchev–Trinajstić information content (AvgIpc) is 3.03. The molecule has 140 valence electrons. The Hall–Kier alpha value is -3.48. The molecule has 2 aromatic carbocycles. The third kappa shape index (κ3) is 3.72. The zero-order valence-corrected chi connectivity index (χ0v) is 15.3. The first-order valence-electron chi connectivity index (χ1n) is 8.08. The van der Waals surface area contributed by atoms with Crippen LogP contribution in [0.1, 0.15) is 13.8 Å². The summed E-state index contributed by atoms with van der Waals surface area (Å²) in [4.78, 5) is 22.4. The first-order chi connectivity index (χ1) is 12.9. The minimum atomic E-state index is -0.468. The van der Waals surface area contributed by atoms with Gasteiger partial charge in [0.15, 0.2) is 11.5 Å². The van der Waals surface area contributed by atoms with E-state index in [9.17, 15) is 9.59 Å². The van der Waals surface area contributed by atoms with Gasteiger partial charge in [-0.1, -0.05) is 0 Å². The van der Waals surface area contributed by atoms with E-state index >= 15 is 0 Å². The molecule has 27 heavy (non-hydrogen) atoms. The van der Waals surface area contributed by atoms with Crippen LogP contribution in [0.25, 0.3) is 22.3 Å². The molecule has 0 bridgehead atoms. The predicted octanol–water partition coefficient (Wildman–Crippen LogP) is 3.97. The smallest absolute Gasteiger partial charge is 0.308 e. The number of furan rings is 1. The second-order valence-electron chi connectivity index (χ2n) is 5.68. The Balaban J connectivity index is 2.09. The summed E-state index contributed by atoms with van der Waals surface area (Å²) in [6.45, 7) is 2.64. The van der Waals surface area contributed by atoms with Crippen LogP contribution in [-0.2, 0) is 9.59 Å². The minimum Gasteiger partial charge on any atom is -0.492 e. The number of fused-ring (bicyclic) bond motifs is 1. The first kappa shape index (κ1) is 18.3. The molecule has 3 rings (SSSR count). The zero-order valence-electron chi connectivity index (χ0n) is 15.3. The van der Waals surface area contributed by atoms with Gasteiger partial charge in [0.25, 0.3) is 0 Å². The van der Waals surface area contributed by atoms with E-state index in [1.165, 1.54) is 28.1 Å². The SMILES string of the molecule is COc1c(OC(C)=O)ccc(-c2cc3ccc(OC(C)=O)cc3o2)c1OC. The van der Waals surface area contributed by atoms with Crippen LogP contribution >= 0.6 is 0 Å². The summed E-state index contributed by atoms with van der Waals surface area (Å²) in [7, 11) is 2.94. The maximum atomic E-state index is 11.3. The highest BCUT2D eigenvalue weighted by Crippen LogP contribution is 2.45. The molecule has 0 spiro atoms. The first-order valence-corrected chi connectivity index (χ1v) is 8.08. The molecule has 1 aromatic heterocycles. The summed E-state index contributed by atoms with van der Waals surface area (Å²) in [5.41, 5.74) is 1.17. The Bertz CT molecular complexity index is 1020. The Morgan fingerprint density at radius 1 is 0.852 bits per heavy atom. The number of carbonyl (C=O) groups is 2. The van der Waals surface area contributed by atoms with E-state index in [2.05, 4.69) is 0 Å². The lowest BCUT2D eigenvalue weighted by Crippen LogP contribution is -2.04. The van der Waals surface area contributed by atoms with Crippen LogP contribution in [0, 0.1) is 0 Å². The second kappa shape index (κ2) is 7.41. The lowest BCUT2D eigenvalue weighted by molar-refractivity contribution is -0.132. The molecule has 3 aromatic rings. The van der Waals surface area contributed by atoms with Crippen LogP contribution in [0.15, 0.2) is 40.8 Å². The van der Waals surface area contributed by atoms with E-state index < -0.39 is 11.9 Å². The Morgan fingerprint density at radius 3 is 2.19 bits per heavy atom.